The third-order valence-electron chi connectivity index (χ3n) is 2.69. The minimum Gasteiger partial charge on any atom is -0.481 e. The van der Waals surface area contributed by atoms with Crippen molar-refractivity contribution < 1.29 is 19.4 Å². The number of hydrogen-bond donors (Lipinski definition) is 1. The number of carbonyl (C=O) groups is 2. The summed E-state index contributed by atoms with van der Waals surface area (Å²) in [6.07, 6.45) is 0. The summed E-state index contributed by atoms with van der Waals surface area (Å²) in [5, 5.41) is 8.61. The third-order valence-corrected chi connectivity index (χ3v) is 4.59. The average molecular weight is 342 g/mol. The summed E-state index contributed by atoms with van der Waals surface area (Å²) in [5.41, 5.74) is 0.320. The lowest BCUT2D eigenvalue weighted by Gasteiger charge is -2.03. The van der Waals surface area contributed by atoms with Gasteiger partial charge in [-0.25, -0.2) is 14.2 Å². The zero-order valence-electron chi connectivity index (χ0n) is 12.0. The largest absolute Gasteiger partial charge is 0.481 e. The van der Waals surface area contributed by atoms with E-state index in [-0.39, 0.29) is 23.6 Å². The summed E-state index contributed by atoms with van der Waals surface area (Å²) in [6, 6.07) is 1.32. The summed E-state index contributed by atoms with van der Waals surface area (Å²) in [4.78, 5) is 40.1. The van der Waals surface area contributed by atoms with Crippen LogP contribution in [-0.2, 0) is 15.3 Å². The van der Waals surface area contributed by atoms with E-state index in [1.165, 1.54) is 21.8 Å². The number of thiazole rings is 1. The van der Waals surface area contributed by atoms with Gasteiger partial charge in [-0.15, -0.1) is 23.1 Å². The average Bonchev–Trinajstić information content (AvgIpc) is 2.75. The molecule has 0 spiro atoms. The number of carboxylic acids is 1. The summed E-state index contributed by atoms with van der Waals surface area (Å²) in [6.45, 7) is 3.65. The van der Waals surface area contributed by atoms with Gasteiger partial charge in [0.2, 0.25) is 0 Å². The van der Waals surface area contributed by atoms with Gasteiger partial charge in [-0.2, -0.15) is 0 Å². The first kappa shape index (κ1) is 16.5. The van der Waals surface area contributed by atoms with Gasteiger partial charge in [0.25, 0.3) is 5.56 Å². The molecule has 0 aliphatic carbocycles. The summed E-state index contributed by atoms with van der Waals surface area (Å²) < 4.78 is 6.20. The van der Waals surface area contributed by atoms with Crippen molar-refractivity contribution in [3.8, 4) is 0 Å². The lowest BCUT2D eigenvalue weighted by molar-refractivity contribution is -0.133. The molecule has 0 aliphatic rings. The SMILES string of the molecule is CCOC(=O)c1c(C)sc2nc(CSCC(=O)O)cc(=O)n12. The van der Waals surface area contributed by atoms with Crippen LogP contribution in [0, 0.1) is 6.92 Å². The number of aromatic nitrogens is 2. The molecule has 22 heavy (non-hydrogen) atoms. The van der Waals surface area contributed by atoms with Gasteiger partial charge < -0.3 is 9.84 Å². The second-order valence-corrected chi connectivity index (χ2v) is 6.48. The van der Waals surface area contributed by atoms with E-state index >= 15 is 0 Å². The van der Waals surface area contributed by atoms with Gasteiger partial charge in [-0.3, -0.25) is 9.59 Å². The molecule has 0 bridgehead atoms. The molecule has 7 nitrogen and oxygen atoms in total. The number of aliphatic carboxylic acids is 1. The molecule has 2 rings (SSSR count). The number of carbonyl (C=O) groups excluding carboxylic acids is 1. The van der Waals surface area contributed by atoms with Crippen molar-refractivity contribution in [2.45, 2.75) is 19.6 Å². The molecule has 0 saturated carbocycles. The Balaban J connectivity index is 2.39. The second kappa shape index (κ2) is 6.93. The van der Waals surface area contributed by atoms with Crippen LogP contribution in [0.3, 0.4) is 0 Å². The van der Waals surface area contributed by atoms with E-state index in [0.29, 0.717) is 21.3 Å². The third kappa shape index (κ3) is 3.47. The molecule has 2 aromatic rings. The van der Waals surface area contributed by atoms with Gasteiger partial charge in [0.1, 0.15) is 5.69 Å². The van der Waals surface area contributed by atoms with Crippen molar-refractivity contribution in [2.24, 2.45) is 0 Å². The first-order valence-corrected chi connectivity index (χ1v) is 8.40. The van der Waals surface area contributed by atoms with E-state index in [4.69, 9.17) is 9.84 Å². The molecule has 0 fully saturated rings. The lowest BCUT2D eigenvalue weighted by Crippen LogP contribution is -2.20. The van der Waals surface area contributed by atoms with Gasteiger partial charge in [0, 0.05) is 16.7 Å². The summed E-state index contributed by atoms with van der Waals surface area (Å²) >= 11 is 2.39. The van der Waals surface area contributed by atoms with Crippen LogP contribution in [0.1, 0.15) is 28.0 Å². The van der Waals surface area contributed by atoms with E-state index < -0.39 is 11.9 Å². The van der Waals surface area contributed by atoms with Crippen molar-refractivity contribution >= 4 is 40.0 Å². The number of aryl methyl sites for hydroxylation is 1. The van der Waals surface area contributed by atoms with E-state index in [1.54, 1.807) is 13.8 Å². The number of carboxylic acid groups (broad SMARTS) is 1. The molecule has 0 amide bonds. The lowest BCUT2D eigenvalue weighted by atomic mass is 10.3. The molecule has 0 unspecified atom stereocenters. The van der Waals surface area contributed by atoms with Crippen LogP contribution >= 0.6 is 23.1 Å². The predicted molar refractivity (Wildman–Crippen MR) is 83.8 cm³/mol. The Morgan fingerprint density at radius 3 is 2.86 bits per heavy atom. The van der Waals surface area contributed by atoms with Gasteiger partial charge in [-0.05, 0) is 13.8 Å². The minimum atomic E-state index is -0.917. The molecular weight excluding hydrogens is 328 g/mol. The molecule has 0 aliphatic heterocycles. The highest BCUT2D eigenvalue weighted by Crippen LogP contribution is 2.21. The molecule has 2 aromatic heterocycles. The molecule has 118 valence electrons. The van der Waals surface area contributed by atoms with E-state index in [0.717, 1.165) is 11.8 Å². The first-order chi connectivity index (χ1) is 10.4. The molecule has 9 heteroatoms. The Kier molecular flexibility index (Phi) is 5.19. The molecule has 1 N–H and O–H groups in total. The van der Waals surface area contributed by atoms with Crippen LogP contribution in [0.2, 0.25) is 0 Å². The number of rotatable bonds is 6. The monoisotopic (exact) mass is 342 g/mol. The van der Waals surface area contributed by atoms with E-state index in [2.05, 4.69) is 4.98 Å². The maximum Gasteiger partial charge on any atom is 0.356 e. The van der Waals surface area contributed by atoms with Gasteiger partial charge in [-0.1, -0.05) is 0 Å². The van der Waals surface area contributed by atoms with Gasteiger partial charge in [0.15, 0.2) is 4.96 Å². The maximum absolute atomic E-state index is 12.2. The number of nitrogens with zero attached hydrogens (tertiary/aromatic N) is 2. The maximum atomic E-state index is 12.2. The molecule has 0 saturated heterocycles. The summed E-state index contributed by atoms with van der Waals surface area (Å²) in [7, 11) is 0. The number of ether oxygens (including phenoxy) is 1. The zero-order valence-corrected chi connectivity index (χ0v) is 13.6. The smallest absolute Gasteiger partial charge is 0.356 e. The summed E-state index contributed by atoms with van der Waals surface area (Å²) in [5.74, 6) is -1.20. The number of esters is 1. The number of thioether (sulfide) groups is 1. The topological polar surface area (TPSA) is 98.0 Å². The fraction of sp³-hybridized carbons (Fsp3) is 0.385. The van der Waals surface area contributed by atoms with Crippen LogP contribution in [0.15, 0.2) is 10.9 Å². The molecule has 0 radical (unpaired) electrons. The van der Waals surface area contributed by atoms with Crippen molar-refractivity contribution in [1.82, 2.24) is 9.38 Å². The van der Waals surface area contributed by atoms with Crippen LogP contribution < -0.4 is 5.56 Å². The normalized spacial score (nSPS) is 10.8. The van der Waals surface area contributed by atoms with Crippen molar-refractivity contribution in [3.05, 3.63) is 32.7 Å². The van der Waals surface area contributed by atoms with E-state index in [1.807, 2.05) is 0 Å². The highest BCUT2D eigenvalue weighted by molar-refractivity contribution is 7.99. The molecular formula is C13H14N2O5S2. The Morgan fingerprint density at radius 2 is 2.23 bits per heavy atom. The standard InChI is InChI=1S/C13H14N2O5S2/c1-3-20-12(19)11-7(2)22-13-14-8(4-9(16)15(11)13)5-21-6-10(17)18/h4H,3,5-6H2,1-2H3,(H,17,18). The van der Waals surface area contributed by atoms with Crippen molar-refractivity contribution in [3.63, 3.8) is 0 Å². The number of hydrogen-bond acceptors (Lipinski definition) is 7. The Bertz CT molecular complexity index is 781. The van der Waals surface area contributed by atoms with Gasteiger partial charge >= 0.3 is 11.9 Å². The van der Waals surface area contributed by atoms with Crippen molar-refractivity contribution in [1.29, 1.82) is 0 Å². The van der Waals surface area contributed by atoms with E-state index in [9.17, 15) is 14.4 Å². The highest BCUT2D eigenvalue weighted by atomic mass is 32.2. The zero-order chi connectivity index (χ0) is 16.3. The quantitative estimate of drug-likeness (QED) is 0.795. The minimum absolute atomic E-state index is 0.0569. The Labute approximate surface area is 133 Å². The number of fused-ring (bicyclic) bond motifs is 1. The van der Waals surface area contributed by atoms with Crippen molar-refractivity contribution in [2.75, 3.05) is 12.4 Å². The Hall–Kier alpha value is -1.87. The van der Waals surface area contributed by atoms with Crippen LogP contribution in [0.4, 0.5) is 0 Å². The fourth-order valence-electron chi connectivity index (χ4n) is 1.87. The molecule has 2 heterocycles. The van der Waals surface area contributed by atoms with Crippen LogP contribution in [0.5, 0.6) is 0 Å². The molecule has 0 aromatic carbocycles. The molecule has 0 atom stereocenters. The first-order valence-electron chi connectivity index (χ1n) is 6.42. The fourth-order valence-corrected chi connectivity index (χ4v) is 3.49. The van der Waals surface area contributed by atoms with Crippen LogP contribution in [0.25, 0.3) is 4.96 Å². The van der Waals surface area contributed by atoms with Gasteiger partial charge in [0.05, 0.1) is 18.1 Å². The highest BCUT2D eigenvalue weighted by Gasteiger charge is 2.20. The second-order valence-electron chi connectivity index (χ2n) is 4.32. The van der Waals surface area contributed by atoms with Crippen LogP contribution in [-0.4, -0.2) is 38.8 Å². The predicted octanol–water partition coefficient (Wildman–Crippen LogP) is 1.56. The Morgan fingerprint density at radius 1 is 1.50 bits per heavy atom.